The van der Waals surface area contributed by atoms with Crippen molar-refractivity contribution in [1.29, 1.82) is 0 Å². The number of para-hydroxylation sites is 1. The molecule has 0 bridgehead atoms. The predicted molar refractivity (Wildman–Crippen MR) is 99.1 cm³/mol. The van der Waals surface area contributed by atoms with Crippen LogP contribution in [0.15, 0.2) is 60.7 Å². The van der Waals surface area contributed by atoms with E-state index in [0.29, 0.717) is 19.8 Å². The molecule has 134 valence electrons. The maximum absolute atomic E-state index is 12.5. The zero-order valence-corrected chi connectivity index (χ0v) is 14.7. The maximum Gasteiger partial charge on any atom is 0.251 e. The quantitative estimate of drug-likeness (QED) is 0.828. The van der Waals surface area contributed by atoms with E-state index in [0.717, 1.165) is 17.9 Å². The average molecular weight is 363 g/mol. The van der Waals surface area contributed by atoms with Crippen molar-refractivity contribution in [3.63, 3.8) is 0 Å². The van der Waals surface area contributed by atoms with Crippen molar-refractivity contribution in [2.24, 2.45) is 0 Å². The number of carbonyl (C=O) groups excluding carboxylic acids is 1. The van der Waals surface area contributed by atoms with Crippen molar-refractivity contribution in [1.82, 2.24) is 10.6 Å². The fraction of sp³-hybridized carbons (Fsp3) is 0.316. The fourth-order valence-electron chi connectivity index (χ4n) is 2.60. The maximum atomic E-state index is 12.5. The number of benzene rings is 2. The first-order valence-corrected chi connectivity index (χ1v) is 8.18. The molecule has 2 atom stereocenters. The molecule has 2 aromatic carbocycles. The summed E-state index contributed by atoms with van der Waals surface area (Å²) in [7, 11) is 0. The number of morpholine rings is 1. The summed E-state index contributed by atoms with van der Waals surface area (Å²) in [5.41, 5.74) is 1.01. The molecule has 25 heavy (non-hydrogen) atoms. The molecule has 0 radical (unpaired) electrons. The Kier molecular flexibility index (Phi) is 7.73. The van der Waals surface area contributed by atoms with E-state index in [4.69, 9.17) is 9.47 Å². The van der Waals surface area contributed by atoms with E-state index in [-0.39, 0.29) is 24.4 Å². The summed E-state index contributed by atoms with van der Waals surface area (Å²) in [5, 5.41) is 6.21. The van der Waals surface area contributed by atoms with Gasteiger partial charge in [0.15, 0.2) is 0 Å². The molecule has 5 nitrogen and oxygen atoms in total. The molecule has 1 fully saturated rings. The molecule has 6 heteroatoms. The monoisotopic (exact) mass is 362 g/mol. The second kappa shape index (κ2) is 10.0. The zero-order chi connectivity index (χ0) is 16.6. The van der Waals surface area contributed by atoms with Crippen LogP contribution in [0.4, 0.5) is 0 Å². The van der Waals surface area contributed by atoms with Crippen molar-refractivity contribution in [3.05, 3.63) is 66.2 Å². The SMILES string of the molecule is Cl.O=C(NC(COc1ccccc1)c1ccccc1)C1CNCCO1. The molecule has 3 rings (SSSR count). The van der Waals surface area contributed by atoms with Gasteiger partial charge in [0.25, 0.3) is 5.91 Å². The number of carbonyl (C=O) groups is 1. The van der Waals surface area contributed by atoms with Gasteiger partial charge in [-0.2, -0.15) is 0 Å². The van der Waals surface area contributed by atoms with Crippen LogP contribution in [0.25, 0.3) is 0 Å². The summed E-state index contributed by atoms with van der Waals surface area (Å²) in [4.78, 5) is 12.5. The number of rotatable bonds is 6. The second-order valence-corrected chi connectivity index (χ2v) is 5.66. The van der Waals surface area contributed by atoms with E-state index >= 15 is 0 Å². The molecule has 2 N–H and O–H groups in total. The Morgan fingerprint density at radius 2 is 1.84 bits per heavy atom. The van der Waals surface area contributed by atoms with Gasteiger partial charge in [0.05, 0.1) is 12.6 Å². The van der Waals surface area contributed by atoms with Crippen LogP contribution in [0.5, 0.6) is 5.75 Å². The molecule has 1 aliphatic rings. The minimum Gasteiger partial charge on any atom is -0.491 e. The summed E-state index contributed by atoms with van der Waals surface area (Å²) < 4.78 is 11.4. The number of halogens is 1. The first kappa shape index (κ1) is 19.2. The normalized spacial score (nSPS) is 17.8. The van der Waals surface area contributed by atoms with Crippen LogP contribution in [0.1, 0.15) is 11.6 Å². The molecule has 2 aromatic rings. The lowest BCUT2D eigenvalue weighted by Crippen LogP contribution is -2.49. The molecule has 0 saturated carbocycles. The largest absolute Gasteiger partial charge is 0.491 e. The molecule has 1 aliphatic heterocycles. The van der Waals surface area contributed by atoms with Gasteiger partial charge >= 0.3 is 0 Å². The Hall–Kier alpha value is -2.08. The molecule has 0 aliphatic carbocycles. The molecule has 1 saturated heterocycles. The van der Waals surface area contributed by atoms with Crippen LogP contribution >= 0.6 is 12.4 Å². The third kappa shape index (κ3) is 5.74. The lowest BCUT2D eigenvalue weighted by Gasteiger charge is -2.26. The van der Waals surface area contributed by atoms with Crippen LogP contribution in [0.3, 0.4) is 0 Å². The van der Waals surface area contributed by atoms with Crippen molar-refractivity contribution >= 4 is 18.3 Å². The zero-order valence-electron chi connectivity index (χ0n) is 13.9. The highest BCUT2D eigenvalue weighted by atomic mass is 35.5. The van der Waals surface area contributed by atoms with E-state index < -0.39 is 6.10 Å². The van der Waals surface area contributed by atoms with Crippen LogP contribution in [0.2, 0.25) is 0 Å². The molecular weight excluding hydrogens is 340 g/mol. The molecule has 1 amide bonds. The number of nitrogens with one attached hydrogen (secondary N) is 2. The Morgan fingerprint density at radius 3 is 2.48 bits per heavy atom. The van der Waals surface area contributed by atoms with Gasteiger partial charge in [-0.3, -0.25) is 4.79 Å². The Morgan fingerprint density at radius 1 is 1.16 bits per heavy atom. The fourth-order valence-corrected chi connectivity index (χ4v) is 2.60. The summed E-state index contributed by atoms with van der Waals surface area (Å²) in [6.07, 6.45) is -0.457. The highest BCUT2D eigenvalue weighted by molar-refractivity contribution is 5.85. The third-order valence-electron chi connectivity index (χ3n) is 3.90. The Bertz CT molecular complexity index is 634. The van der Waals surface area contributed by atoms with Gasteiger partial charge in [-0.25, -0.2) is 0 Å². The lowest BCUT2D eigenvalue weighted by molar-refractivity contribution is -0.135. The molecule has 0 aromatic heterocycles. The highest BCUT2D eigenvalue weighted by Crippen LogP contribution is 2.16. The Balaban J connectivity index is 0.00000225. The third-order valence-corrected chi connectivity index (χ3v) is 3.90. The van der Waals surface area contributed by atoms with Crippen LogP contribution < -0.4 is 15.4 Å². The second-order valence-electron chi connectivity index (χ2n) is 5.66. The van der Waals surface area contributed by atoms with Gasteiger partial charge in [0, 0.05) is 13.1 Å². The topological polar surface area (TPSA) is 59.6 Å². The van der Waals surface area contributed by atoms with E-state index in [9.17, 15) is 4.79 Å². The molecule has 0 spiro atoms. The van der Waals surface area contributed by atoms with E-state index in [2.05, 4.69) is 10.6 Å². The van der Waals surface area contributed by atoms with Gasteiger partial charge in [-0.05, 0) is 17.7 Å². The van der Waals surface area contributed by atoms with E-state index in [1.807, 2.05) is 60.7 Å². The van der Waals surface area contributed by atoms with Crippen LogP contribution in [-0.2, 0) is 9.53 Å². The van der Waals surface area contributed by atoms with Gasteiger partial charge in [-0.1, -0.05) is 48.5 Å². The van der Waals surface area contributed by atoms with Crippen molar-refractivity contribution < 1.29 is 14.3 Å². The van der Waals surface area contributed by atoms with Crippen molar-refractivity contribution in [3.8, 4) is 5.75 Å². The van der Waals surface area contributed by atoms with Gasteiger partial charge in [-0.15, -0.1) is 12.4 Å². The molecule has 2 unspecified atom stereocenters. The summed E-state index contributed by atoms with van der Waals surface area (Å²) >= 11 is 0. The molecular formula is C19H23ClN2O3. The van der Waals surface area contributed by atoms with Crippen molar-refractivity contribution in [2.75, 3.05) is 26.3 Å². The van der Waals surface area contributed by atoms with Gasteiger partial charge in [0.2, 0.25) is 0 Å². The number of hydrogen-bond donors (Lipinski definition) is 2. The minimum absolute atomic E-state index is 0. The molecule has 1 heterocycles. The van der Waals surface area contributed by atoms with Crippen LogP contribution in [-0.4, -0.2) is 38.3 Å². The number of ether oxygens (including phenoxy) is 2. The first-order chi connectivity index (χ1) is 11.8. The summed E-state index contributed by atoms with van der Waals surface area (Å²) in [6, 6.07) is 19.2. The number of amides is 1. The average Bonchev–Trinajstić information content (AvgIpc) is 2.67. The van der Waals surface area contributed by atoms with Crippen LogP contribution in [0, 0.1) is 0 Å². The Labute approximate surface area is 154 Å². The lowest BCUT2D eigenvalue weighted by atomic mass is 10.1. The standard InChI is InChI=1S/C19H22N2O3.ClH/c22-19(18-13-20-11-12-23-18)21-17(15-7-3-1-4-8-15)14-24-16-9-5-2-6-10-16;/h1-10,17-18,20H,11-14H2,(H,21,22);1H. The van der Waals surface area contributed by atoms with E-state index in [1.165, 1.54) is 0 Å². The van der Waals surface area contributed by atoms with Gasteiger partial charge < -0.3 is 20.1 Å². The van der Waals surface area contributed by atoms with Gasteiger partial charge in [0.1, 0.15) is 18.5 Å². The highest BCUT2D eigenvalue weighted by Gasteiger charge is 2.25. The summed E-state index contributed by atoms with van der Waals surface area (Å²) in [6.45, 7) is 2.23. The smallest absolute Gasteiger partial charge is 0.251 e. The summed E-state index contributed by atoms with van der Waals surface area (Å²) in [5.74, 6) is 0.663. The van der Waals surface area contributed by atoms with E-state index in [1.54, 1.807) is 0 Å². The predicted octanol–water partition coefficient (Wildman–Crippen LogP) is 2.33. The first-order valence-electron chi connectivity index (χ1n) is 8.18. The minimum atomic E-state index is -0.457. The van der Waals surface area contributed by atoms with Crippen molar-refractivity contribution in [2.45, 2.75) is 12.1 Å². The number of hydrogen-bond acceptors (Lipinski definition) is 4.